The molecule has 1 radical (unpaired) electrons. The van der Waals surface area contributed by atoms with Gasteiger partial charge in [-0.1, -0.05) is 24.3 Å². The third-order valence-electron chi connectivity index (χ3n) is 3.00. The predicted octanol–water partition coefficient (Wildman–Crippen LogP) is 1.50. The number of hydrogen-bond donors (Lipinski definition) is 1. The summed E-state index contributed by atoms with van der Waals surface area (Å²) in [5, 5.41) is 0. The molecule has 2 N–H and O–H groups in total. The van der Waals surface area contributed by atoms with Crippen molar-refractivity contribution in [2.75, 3.05) is 13.1 Å². The third kappa shape index (κ3) is 2.42. The minimum Gasteiger partial charge on any atom is -0.341 e. The van der Waals surface area contributed by atoms with Gasteiger partial charge in [-0.3, -0.25) is 4.79 Å². The van der Waals surface area contributed by atoms with Crippen LogP contribution in [0.2, 0.25) is 0 Å². The second kappa shape index (κ2) is 5.12. The van der Waals surface area contributed by atoms with E-state index in [9.17, 15) is 4.79 Å². The van der Waals surface area contributed by atoms with Gasteiger partial charge in [-0.25, -0.2) is 0 Å². The molecule has 1 fully saturated rings. The molecular weight excluding hydrogens is 200 g/mol. The van der Waals surface area contributed by atoms with Crippen molar-refractivity contribution in [2.45, 2.75) is 25.3 Å². The summed E-state index contributed by atoms with van der Waals surface area (Å²) in [6, 6.07) is 9.86. The second-order valence-electron chi connectivity index (χ2n) is 4.18. The Kier molecular flexibility index (Phi) is 3.57. The summed E-state index contributed by atoms with van der Waals surface area (Å²) >= 11 is 0. The first-order valence-electron chi connectivity index (χ1n) is 5.80. The fourth-order valence-electron chi connectivity index (χ4n) is 2.04. The van der Waals surface area contributed by atoms with Gasteiger partial charge in [0.15, 0.2) is 0 Å². The maximum Gasteiger partial charge on any atom is 0.244 e. The van der Waals surface area contributed by atoms with Crippen molar-refractivity contribution in [2.24, 2.45) is 5.73 Å². The highest BCUT2D eigenvalue weighted by Crippen LogP contribution is 2.16. The summed E-state index contributed by atoms with van der Waals surface area (Å²) in [5.74, 6) is 0.0298. The van der Waals surface area contributed by atoms with Gasteiger partial charge in [-0.15, -0.1) is 0 Å². The van der Waals surface area contributed by atoms with Crippen molar-refractivity contribution < 1.29 is 4.79 Å². The van der Waals surface area contributed by atoms with E-state index in [1.54, 1.807) is 6.07 Å². The van der Waals surface area contributed by atoms with Crippen molar-refractivity contribution in [1.29, 1.82) is 0 Å². The van der Waals surface area contributed by atoms with E-state index in [1.807, 2.05) is 23.1 Å². The molecule has 2 rings (SSSR count). The molecule has 1 aliphatic heterocycles. The van der Waals surface area contributed by atoms with Crippen LogP contribution in [0.3, 0.4) is 0 Å². The summed E-state index contributed by atoms with van der Waals surface area (Å²) < 4.78 is 0. The number of rotatable bonds is 2. The van der Waals surface area contributed by atoms with Crippen molar-refractivity contribution in [3.63, 3.8) is 0 Å². The van der Waals surface area contributed by atoms with E-state index in [0.29, 0.717) is 0 Å². The molecule has 16 heavy (non-hydrogen) atoms. The summed E-state index contributed by atoms with van der Waals surface area (Å²) in [5.41, 5.74) is 6.72. The standard InChI is InChI=1S/C13H17N2O/c14-12(11-7-3-1-4-8-11)13(16)15-9-5-2-6-10-15/h1,3-4,7,12H,2,5-6,9-10,14H2. The Balaban J connectivity index is 2.04. The van der Waals surface area contributed by atoms with Crippen LogP contribution >= 0.6 is 0 Å². The molecule has 1 heterocycles. The molecule has 3 heteroatoms. The smallest absolute Gasteiger partial charge is 0.244 e. The van der Waals surface area contributed by atoms with E-state index in [0.717, 1.165) is 31.5 Å². The van der Waals surface area contributed by atoms with Gasteiger partial charge < -0.3 is 10.6 Å². The lowest BCUT2D eigenvalue weighted by molar-refractivity contribution is -0.133. The minimum atomic E-state index is -0.556. The van der Waals surface area contributed by atoms with Gasteiger partial charge in [0.2, 0.25) is 5.91 Å². The maximum absolute atomic E-state index is 12.1. The van der Waals surface area contributed by atoms with Crippen molar-refractivity contribution in [3.05, 3.63) is 35.9 Å². The number of hydrogen-bond acceptors (Lipinski definition) is 2. The molecule has 1 aliphatic rings. The van der Waals surface area contributed by atoms with Crippen molar-refractivity contribution in [3.8, 4) is 0 Å². The summed E-state index contributed by atoms with van der Waals surface area (Å²) in [7, 11) is 0. The van der Waals surface area contributed by atoms with Crippen LogP contribution < -0.4 is 5.73 Å². The largest absolute Gasteiger partial charge is 0.341 e. The monoisotopic (exact) mass is 217 g/mol. The first kappa shape index (κ1) is 11.1. The van der Waals surface area contributed by atoms with Crippen LogP contribution in [0.25, 0.3) is 0 Å². The number of likely N-dealkylation sites (tertiary alicyclic amines) is 1. The molecule has 1 unspecified atom stereocenters. The van der Waals surface area contributed by atoms with Gasteiger partial charge in [-0.05, 0) is 30.9 Å². The van der Waals surface area contributed by atoms with Gasteiger partial charge in [0, 0.05) is 13.1 Å². The molecule has 1 amide bonds. The molecule has 1 atom stereocenters. The Bertz CT molecular complexity index is 344. The average molecular weight is 217 g/mol. The van der Waals surface area contributed by atoms with E-state index >= 15 is 0 Å². The average Bonchev–Trinajstić information content (AvgIpc) is 2.39. The van der Waals surface area contributed by atoms with Crippen LogP contribution in [-0.2, 0) is 4.79 Å². The van der Waals surface area contributed by atoms with Crippen LogP contribution in [0.15, 0.2) is 24.3 Å². The molecular formula is C13H17N2O. The highest BCUT2D eigenvalue weighted by Gasteiger charge is 2.23. The third-order valence-corrected chi connectivity index (χ3v) is 3.00. The number of nitrogens with zero attached hydrogens (tertiary/aromatic N) is 1. The lowest BCUT2D eigenvalue weighted by Gasteiger charge is -2.29. The number of carbonyl (C=O) groups is 1. The first-order chi connectivity index (χ1) is 7.79. The van der Waals surface area contributed by atoms with Gasteiger partial charge in [0.1, 0.15) is 6.04 Å². The first-order valence-corrected chi connectivity index (χ1v) is 5.80. The normalized spacial score (nSPS) is 18.2. The lowest BCUT2D eigenvalue weighted by Crippen LogP contribution is -2.41. The zero-order valence-corrected chi connectivity index (χ0v) is 9.36. The van der Waals surface area contributed by atoms with Gasteiger partial charge in [-0.2, -0.15) is 0 Å². The Hall–Kier alpha value is -1.35. The van der Waals surface area contributed by atoms with Crippen LogP contribution in [0.5, 0.6) is 0 Å². The quantitative estimate of drug-likeness (QED) is 0.816. The minimum absolute atomic E-state index is 0.0298. The summed E-state index contributed by atoms with van der Waals surface area (Å²) in [6.07, 6.45) is 3.41. The highest BCUT2D eigenvalue weighted by molar-refractivity contribution is 5.83. The van der Waals surface area contributed by atoms with E-state index in [4.69, 9.17) is 5.73 Å². The van der Waals surface area contributed by atoms with Crippen LogP contribution in [0, 0.1) is 6.07 Å². The molecule has 0 aromatic heterocycles. The second-order valence-corrected chi connectivity index (χ2v) is 4.18. The van der Waals surface area contributed by atoms with Gasteiger partial charge in [0.25, 0.3) is 0 Å². The Morgan fingerprint density at radius 1 is 1.31 bits per heavy atom. The van der Waals surface area contributed by atoms with Gasteiger partial charge >= 0.3 is 0 Å². The zero-order valence-electron chi connectivity index (χ0n) is 9.36. The number of nitrogens with two attached hydrogens (primary N) is 1. The number of benzene rings is 1. The lowest BCUT2D eigenvalue weighted by atomic mass is 10.0. The topological polar surface area (TPSA) is 46.3 Å². The Morgan fingerprint density at radius 3 is 2.69 bits per heavy atom. The van der Waals surface area contributed by atoms with Crippen molar-refractivity contribution >= 4 is 5.91 Å². The van der Waals surface area contributed by atoms with Crippen LogP contribution in [-0.4, -0.2) is 23.9 Å². The maximum atomic E-state index is 12.1. The van der Waals surface area contributed by atoms with E-state index in [2.05, 4.69) is 6.07 Å². The predicted molar refractivity (Wildman–Crippen MR) is 62.6 cm³/mol. The summed E-state index contributed by atoms with van der Waals surface area (Å²) in [4.78, 5) is 13.9. The number of amides is 1. The van der Waals surface area contributed by atoms with E-state index in [1.165, 1.54) is 6.42 Å². The Morgan fingerprint density at radius 2 is 2.06 bits per heavy atom. The fourth-order valence-corrected chi connectivity index (χ4v) is 2.04. The molecule has 1 aromatic rings. The molecule has 85 valence electrons. The van der Waals surface area contributed by atoms with Crippen LogP contribution in [0.4, 0.5) is 0 Å². The SMILES string of the molecule is NC(C(=O)N1CCCCC1)c1[c]cccc1. The van der Waals surface area contributed by atoms with Crippen molar-refractivity contribution in [1.82, 2.24) is 4.90 Å². The molecule has 1 saturated heterocycles. The van der Waals surface area contributed by atoms with E-state index < -0.39 is 6.04 Å². The molecule has 0 saturated carbocycles. The van der Waals surface area contributed by atoms with Gasteiger partial charge in [0.05, 0.1) is 0 Å². The van der Waals surface area contributed by atoms with Crippen LogP contribution in [0.1, 0.15) is 30.9 Å². The summed E-state index contributed by atoms with van der Waals surface area (Å²) in [6.45, 7) is 1.69. The number of carbonyl (C=O) groups excluding carboxylic acids is 1. The molecule has 3 nitrogen and oxygen atoms in total. The van der Waals surface area contributed by atoms with E-state index in [-0.39, 0.29) is 5.91 Å². The molecule has 0 bridgehead atoms. The Labute approximate surface area is 96.2 Å². The zero-order chi connectivity index (χ0) is 11.4. The molecule has 0 aliphatic carbocycles. The molecule has 0 spiro atoms. The fraction of sp³-hybridized carbons (Fsp3) is 0.462. The number of piperidine rings is 1. The highest BCUT2D eigenvalue weighted by atomic mass is 16.2. The molecule has 1 aromatic carbocycles.